The smallest absolute Gasteiger partial charge is 0.253 e. The van der Waals surface area contributed by atoms with Crippen LogP contribution in [0.4, 0.5) is 0 Å². The highest BCUT2D eigenvalue weighted by Gasteiger charge is 2.02. The summed E-state index contributed by atoms with van der Waals surface area (Å²) in [6.45, 7) is 0.511. The lowest BCUT2D eigenvalue weighted by Gasteiger charge is -2.03. The molecule has 3 rings (SSSR count). The van der Waals surface area contributed by atoms with Gasteiger partial charge < -0.3 is 10.1 Å². The molecule has 1 amide bonds. The first-order valence-corrected chi connectivity index (χ1v) is 7.44. The zero-order chi connectivity index (χ0) is 16.6. The van der Waals surface area contributed by atoms with E-state index in [4.69, 9.17) is 4.74 Å². The maximum Gasteiger partial charge on any atom is 0.253 e. The summed E-state index contributed by atoms with van der Waals surface area (Å²) >= 11 is 0. The second kappa shape index (κ2) is 7.75. The number of ether oxygens (including phenoxy) is 1. The molecule has 24 heavy (non-hydrogen) atoms. The van der Waals surface area contributed by atoms with Crippen molar-refractivity contribution in [3.8, 4) is 17.6 Å². The molecule has 3 aromatic rings. The maximum atomic E-state index is 11.8. The van der Waals surface area contributed by atoms with Gasteiger partial charge in [0, 0.05) is 30.0 Å². The first kappa shape index (κ1) is 15.5. The first-order chi connectivity index (χ1) is 11.8. The van der Waals surface area contributed by atoms with Crippen molar-refractivity contribution in [1.82, 2.24) is 15.3 Å². The third kappa shape index (κ3) is 4.08. The molecule has 0 atom stereocenters. The zero-order valence-corrected chi connectivity index (χ0v) is 12.9. The van der Waals surface area contributed by atoms with Gasteiger partial charge in [-0.25, -0.2) is 0 Å². The number of hydrogen-bond donors (Lipinski definition) is 1. The molecule has 0 aliphatic carbocycles. The number of aromatic nitrogens is 2. The molecule has 118 valence electrons. The lowest BCUT2D eigenvalue weighted by atomic mass is 10.2. The fourth-order valence-electron chi connectivity index (χ4n) is 2.09. The van der Waals surface area contributed by atoms with Crippen molar-refractivity contribution in [2.45, 2.75) is 0 Å². The Bertz CT molecular complexity index is 898. The molecule has 0 saturated heterocycles. The topological polar surface area (TPSA) is 64.1 Å². The van der Waals surface area contributed by atoms with E-state index in [1.165, 1.54) is 6.20 Å². The van der Waals surface area contributed by atoms with Crippen molar-refractivity contribution in [3.05, 3.63) is 66.6 Å². The van der Waals surface area contributed by atoms with Crippen LogP contribution in [0.3, 0.4) is 0 Å². The third-order valence-corrected chi connectivity index (χ3v) is 3.27. The Morgan fingerprint density at radius 1 is 1.12 bits per heavy atom. The van der Waals surface area contributed by atoms with E-state index in [0.29, 0.717) is 5.56 Å². The predicted octanol–water partition coefficient (Wildman–Crippen LogP) is 2.44. The minimum absolute atomic E-state index is 0.195. The van der Waals surface area contributed by atoms with Crippen molar-refractivity contribution < 1.29 is 9.53 Å². The molecule has 1 N–H and O–H groups in total. The van der Waals surface area contributed by atoms with Crippen LogP contribution in [0.1, 0.15) is 10.4 Å². The number of fused-ring (bicyclic) bond motifs is 1. The Hall–Kier alpha value is -3.39. The van der Waals surface area contributed by atoms with Crippen LogP contribution >= 0.6 is 0 Å². The number of carbonyl (C=O) groups is 1. The Kier molecular flexibility index (Phi) is 5.00. The van der Waals surface area contributed by atoms with E-state index in [-0.39, 0.29) is 19.1 Å². The van der Waals surface area contributed by atoms with Crippen LogP contribution in [0.25, 0.3) is 10.9 Å². The summed E-state index contributed by atoms with van der Waals surface area (Å²) in [4.78, 5) is 19.9. The molecule has 0 unspecified atom stereocenters. The van der Waals surface area contributed by atoms with E-state index in [1.807, 2.05) is 30.3 Å². The van der Waals surface area contributed by atoms with E-state index in [9.17, 15) is 4.79 Å². The Balaban J connectivity index is 1.46. The van der Waals surface area contributed by atoms with Crippen molar-refractivity contribution in [1.29, 1.82) is 0 Å². The number of nitrogens with zero attached hydrogens (tertiary/aromatic N) is 2. The van der Waals surface area contributed by atoms with Crippen LogP contribution in [-0.4, -0.2) is 29.0 Å². The van der Waals surface area contributed by atoms with Gasteiger partial charge in [-0.1, -0.05) is 17.9 Å². The summed E-state index contributed by atoms with van der Waals surface area (Å²) < 4.78 is 5.57. The molecule has 0 spiro atoms. The molecule has 0 bridgehead atoms. The monoisotopic (exact) mass is 317 g/mol. The standard InChI is InChI=1S/C19H15N3O2/c23-19(16-6-3-9-20-14-16)22-10-1-2-12-24-17-8-7-15-5-4-11-21-18(15)13-17/h3-9,11,13-14H,10,12H2,(H,22,23). The lowest BCUT2D eigenvalue weighted by molar-refractivity contribution is 0.0958. The molecule has 5 heteroatoms. The van der Waals surface area contributed by atoms with E-state index in [0.717, 1.165) is 16.7 Å². The average Bonchev–Trinajstić information content (AvgIpc) is 2.65. The summed E-state index contributed by atoms with van der Waals surface area (Å²) in [7, 11) is 0. The molecular formula is C19H15N3O2. The number of nitrogens with one attached hydrogen (secondary N) is 1. The van der Waals surface area contributed by atoms with Gasteiger partial charge >= 0.3 is 0 Å². The van der Waals surface area contributed by atoms with Gasteiger partial charge in [0.1, 0.15) is 12.4 Å². The van der Waals surface area contributed by atoms with Gasteiger partial charge in [-0.15, -0.1) is 0 Å². The Labute approximate surface area is 139 Å². The van der Waals surface area contributed by atoms with Gasteiger partial charge in [-0.05, 0) is 30.3 Å². The maximum absolute atomic E-state index is 11.8. The minimum Gasteiger partial charge on any atom is -0.481 e. The summed E-state index contributed by atoms with van der Waals surface area (Å²) in [6.07, 6.45) is 4.88. The van der Waals surface area contributed by atoms with Crippen molar-refractivity contribution in [3.63, 3.8) is 0 Å². The SMILES string of the molecule is O=C(NCC#CCOc1ccc2cccnc2c1)c1cccnc1. The normalized spacial score (nSPS) is 9.83. The summed E-state index contributed by atoms with van der Waals surface area (Å²) in [5.74, 6) is 6.24. The van der Waals surface area contributed by atoms with Crippen LogP contribution in [-0.2, 0) is 0 Å². The predicted molar refractivity (Wildman–Crippen MR) is 91.6 cm³/mol. The minimum atomic E-state index is -0.195. The molecule has 0 saturated carbocycles. The molecular weight excluding hydrogens is 302 g/mol. The van der Waals surface area contributed by atoms with Gasteiger partial charge in [0.2, 0.25) is 0 Å². The van der Waals surface area contributed by atoms with E-state index in [2.05, 4.69) is 27.1 Å². The fraction of sp³-hybridized carbons (Fsp3) is 0.105. The highest BCUT2D eigenvalue weighted by Crippen LogP contribution is 2.18. The van der Waals surface area contributed by atoms with Crippen LogP contribution in [0, 0.1) is 11.8 Å². The Morgan fingerprint density at radius 3 is 2.92 bits per heavy atom. The molecule has 5 nitrogen and oxygen atoms in total. The highest BCUT2D eigenvalue weighted by molar-refractivity contribution is 5.93. The molecule has 2 aromatic heterocycles. The second-order valence-corrected chi connectivity index (χ2v) is 4.92. The van der Waals surface area contributed by atoms with E-state index in [1.54, 1.807) is 24.5 Å². The van der Waals surface area contributed by atoms with Gasteiger partial charge in [0.05, 0.1) is 17.6 Å². The molecule has 2 heterocycles. The highest BCUT2D eigenvalue weighted by atomic mass is 16.5. The number of rotatable bonds is 4. The molecule has 1 aromatic carbocycles. The molecule has 0 fully saturated rings. The van der Waals surface area contributed by atoms with Crippen molar-refractivity contribution in [2.75, 3.05) is 13.2 Å². The van der Waals surface area contributed by atoms with Crippen LogP contribution in [0.2, 0.25) is 0 Å². The van der Waals surface area contributed by atoms with Crippen LogP contribution < -0.4 is 10.1 Å². The zero-order valence-electron chi connectivity index (χ0n) is 12.9. The number of hydrogen-bond acceptors (Lipinski definition) is 4. The van der Waals surface area contributed by atoms with E-state index >= 15 is 0 Å². The van der Waals surface area contributed by atoms with Crippen molar-refractivity contribution in [2.24, 2.45) is 0 Å². The lowest BCUT2D eigenvalue weighted by Crippen LogP contribution is -2.23. The van der Waals surface area contributed by atoms with Gasteiger partial charge in [0.25, 0.3) is 5.91 Å². The summed E-state index contributed by atoms with van der Waals surface area (Å²) in [5, 5.41) is 3.77. The number of amides is 1. The van der Waals surface area contributed by atoms with Gasteiger partial charge in [-0.2, -0.15) is 0 Å². The number of carbonyl (C=O) groups excluding carboxylic acids is 1. The molecule has 0 radical (unpaired) electrons. The molecule has 0 aliphatic rings. The van der Waals surface area contributed by atoms with Crippen molar-refractivity contribution >= 4 is 16.8 Å². The van der Waals surface area contributed by atoms with Crippen LogP contribution in [0.15, 0.2) is 61.1 Å². The van der Waals surface area contributed by atoms with Gasteiger partial charge in [0.15, 0.2) is 0 Å². The fourth-order valence-corrected chi connectivity index (χ4v) is 2.09. The second-order valence-electron chi connectivity index (χ2n) is 4.92. The quantitative estimate of drug-likeness (QED) is 0.751. The number of benzene rings is 1. The van der Waals surface area contributed by atoms with Gasteiger partial charge in [-0.3, -0.25) is 14.8 Å². The largest absolute Gasteiger partial charge is 0.481 e. The van der Waals surface area contributed by atoms with Crippen LogP contribution in [0.5, 0.6) is 5.75 Å². The average molecular weight is 317 g/mol. The Morgan fingerprint density at radius 2 is 2.04 bits per heavy atom. The molecule has 0 aliphatic heterocycles. The third-order valence-electron chi connectivity index (χ3n) is 3.27. The first-order valence-electron chi connectivity index (χ1n) is 7.44. The van der Waals surface area contributed by atoms with E-state index < -0.39 is 0 Å². The summed E-state index contributed by atoms with van der Waals surface area (Å²) in [6, 6.07) is 13.0. The number of pyridine rings is 2. The summed E-state index contributed by atoms with van der Waals surface area (Å²) in [5.41, 5.74) is 1.39.